The van der Waals surface area contributed by atoms with Crippen molar-refractivity contribution in [3.05, 3.63) is 54.2 Å². The molecule has 1 heterocycles. The van der Waals surface area contributed by atoms with Gasteiger partial charge in [0.1, 0.15) is 5.75 Å². The van der Waals surface area contributed by atoms with Gasteiger partial charge in [0.25, 0.3) is 0 Å². The third-order valence-electron chi connectivity index (χ3n) is 3.71. The van der Waals surface area contributed by atoms with Crippen LogP contribution in [0.25, 0.3) is 22.0 Å². The fourth-order valence-electron chi connectivity index (χ4n) is 2.80. The quantitative estimate of drug-likeness (QED) is 0.666. The molecule has 0 N–H and O–H groups in total. The molecule has 0 radical (unpaired) electrons. The Morgan fingerprint density at radius 2 is 1.82 bits per heavy atom. The van der Waals surface area contributed by atoms with Crippen molar-refractivity contribution in [2.45, 2.75) is 20.0 Å². The number of nitrogens with zero attached hydrogens (tertiary/aromatic N) is 1. The molecule has 0 bridgehead atoms. The Morgan fingerprint density at radius 1 is 1.09 bits per heavy atom. The second-order valence-corrected chi connectivity index (χ2v) is 5.70. The second-order valence-electron chi connectivity index (χ2n) is 5.70. The van der Waals surface area contributed by atoms with Crippen molar-refractivity contribution in [3.8, 4) is 16.9 Å². The minimum atomic E-state index is 0.157. The zero-order chi connectivity index (χ0) is 15.7. The fourth-order valence-corrected chi connectivity index (χ4v) is 2.80. The zero-order valence-corrected chi connectivity index (χ0v) is 13.0. The summed E-state index contributed by atoms with van der Waals surface area (Å²) in [5.74, 6) is 0.856. The van der Waals surface area contributed by atoms with Crippen LogP contribution in [-0.2, 0) is 7.05 Å². The number of carbonyl (C=O) groups is 1. The van der Waals surface area contributed by atoms with Crippen molar-refractivity contribution in [1.29, 1.82) is 0 Å². The lowest BCUT2D eigenvalue weighted by Crippen LogP contribution is -2.05. The molecule has 0 spiro atoms. The zero-order valence-electron chi connectivity index (χ0n) is 13.0. The first-order valence-electron chi connectivity index (χ1n) is 7.40. The highest BCUT2D eigenvalue weighted by Crippen LogP contribution is 2.32. The maximum atomic E-state index is 11.4. The van der Waals surface area contributed by atoms with Gasteiger partial charge < -0.3 is 9.30 Å². The van der Waals surface area contributed by atoms with Gasteiger partial charge in [0.15, 0.2) is 6.29 Å². The van der Waals surface area contributed by atoms with Gasteiger partial charge in [0, 0.05) is 29.7 Å². The van der Waals surface area contributed by atoms with Crippen molar-refractivity contribution in [2.24, 2.45) is 7.05 Å². The van der Waals surface area contributed by atoms with E-state index in [9.17, 15) is 4.79 Å². The number of aryl methyl sites for hydroxylation is 1. The normalized spacial score (nSPS) is 11.1. The summed E-state index contributed by atoms with van der Waals surface area (Å²) in [5, 5.41) is 0.998. The average Bonchev–Trinajstić information content (AvgIpc) is 2.84. The van der Waals surface area contributed by atoms with E-state index < -0.39 is 0 Å². The molecule has 0 amide bonds. The van der Waals surface area contributed by atoms with E-state index in [2.05, 4.69) is 0 Å². The largest absolute Gasteiger partial charge is 0.491 e. The van der Waals surface area contributed by atoms with Gasteiger partial charge in [-0.25, -0.2) is 0 Å². The second kappa shape index (κ2) is 5.68. The SMILES string of the molecule is CC(C)Oc1ccc(-c2cccc3c2c(C=O)cn3C)cc1. The van der Waals surface area contributed by atoms with Gasteiger partial charge in [-0.1, -0.05) is 24.3 Å². The van der Waals surface area contributed by atoms with Crippen LogP contribution < -0.4 is 4.74 Å². The van der Waals surface area contributed by atoms with Crippen LogP contribution in [0, 0.1) is 0 Å². The van der Waals surface area contributed by atoms with E-state index in [-0.39, 0.29) is 6.10 Å². The van der Waals surface area contributed by atoms with E-state index in [1.807, 2.05) is 74.1 Å². The number of fused-ring (bicyclic) bond motifs is 1. The van der Waals surface area contributed by atoms with E-state index in [1.54, 1.807) is 0 Å². The Labute approximate surface area is 130 Å². The molecule has 0 aliphatic heterocycles. The first kappa shape index (κ1) is 14.4. The van der Waals surface area contributed by atoms with Gasteiger partial charge in [0.2, 0.25) is 0 Å². The third-order valence-corrected chi connectivity index (χ3v) is 3.71. The van der Waals surface area contributed by atoms with Gasteiger partial charge >= 0.3 is 0 Å². The molecule has 0 aliphatic carbocycles. The van der Waals surface area contributed by atoms with Gasteiger partial charge in [-0.2, -0.15) is 0 Å². The minimum absolute atomic E-state index is 0.157. The van der Waals surface area contributed by atoms with Crippen molar-refractivity contribution >= 4 is 17.2 Å². The Hall–Kier alpha value is -2.55. The molecule has 1 aromatic heterocycles. The van der Waals surface area contributed by atoms with E-state index in [0.29, 0.717) is 0 Å². The predicted octanol–water partition coefficient (Wildman–Crippen LogP) is 4.45. The summed E-state index contributed by atoms with van der Waals surface area (Å²) in [7, 11) is 1.96. The van der Waals surface area contributed by atoms with E-state index >= 15 is 0 Å². The lowest BCUT2D eigenvalue weighted by Gasteiger charge is -2.11. The first-order chi connectivity index (χ1) is 10.6. The summed E-state index contributed by atoms with van der Waals surface area (Å²) in [5.41, 5.74) is 3.92. The highest BCUT2D eigenvalue weighted by atomic mass is 16.5. The Bertz CT molecular complexity index is 813. The van der Waals surface area contributed by atoms with E-state index in [1.165, 1.54) is 0 Å². The number of aromatic nitrogens is 1. The number of hydrogen-bond acceptors (Lipinski definition) is 2. The van der Waals surface area contributed by atoms with Gasteiger partial charge in [0.05, 0.1) is 6.10 Å². The topological polar surface area (TPSA) is 31.2 Å². The van der Waals surface area contributed by atoms with E-state index in [4.69, 9.17) is 4.74 Å². The summed E-state index contributed by atoms with van der Waals surface area (Å²) in [6.45, 7) is 4.02. The Kier molecular flexibility index (Phi) is 3.72. The van der Waals surface area contributed by atoms with Crippen LogP contribution in [0.15, 0.2) is 48.7 Å². The molecule has 3 heteroatoms. The monoisotopic (exact) mass is 293 g/mol. The average molecular weight is 293 g/mol. The number of hydrogen-bond donors (Lipinski definition) is 0. The molecule has 0 aliphatic rings. The van der Waals surface area contributed by atoms with Gasteiger partial charge in [-0.3, -0.25) is 4.79 Å². The number of ether oxygens (including phenoxy) is 1. The molecule has 0 saturated heterocycles. The van der Waals surface area contributed by atoms with Crippen molar-refractivity contribution < 1.29 is 9.53 Å². The molecule has 2 aromatic carbocycles. The molecule has 0 fully saturated rings. The Balaban J connectivity index is 2.12. The van der Waals surface area contributed by atoms with Crippen LogP contribution in [0.4, 0.5) is 0 Å². The van der Waals surface area contributed by atoms with Crippen molar-refractivity contribution in [3.63, 3.8) is 0 Å². The number of carbonyl (C=O) groups excluding carboxylic acids is 1. The molecule has 0 saturated carbocycles. The molecule has 3 nitrogen and oxygen atoms in total. The van der Waals surface area contributed by atoms with Crippen LogP contribution in [-0.4, -0.2) is 17.0 Å². The van der Waals surface area contributed by atoms with E-state index in [0.717, 1.165) is 39.6 Å². The fraction of sp³-hybridized carbons (Fsp3) is 0.211. The number of benzene rings is 2. The Morgan fingerprint density at radius 3 is 2.45 bits per heavy atom. The van der Waals surface area contributed by atoms with Crippen LogP contribution in [0.1, 0.15) is 24.2 Å². The molecule has 22 heavy (non-hydrogen) atoms. The molecule has 0 unspecified atom stereocenters. The summed E-state index contributed by atoms with van der Waals surface area (Å²) in [6.07, 6.45) is 2.95. The first-order valence-corrected chi connectivity index (χ1v) is 7.40. The van der Waals surface area contributed by atoms with Crippen LogP contribution in [0.3, 0.4) is 0 Å². The van der Waals surface area contributed by atoms with Crippen LogP contribution in [0.2, 0.25) is 0 Å². The molecule has 0 atom stereocenters. The van der Waals surface area contributed by atoms with Crippen LogP contribution >= 0.6 is 0 Å². The highest BCUT2D eigenvalue weighted by molar-refractivity contribution is 6.06. The maximum Gasteiger partial charge on any atom is 0.152 e. The minimum Gasteiger partial charge on any atom is -0.491 e. The number of aldehydes is 1. The standard InChI is InChI=1S/C19H19NO2/c1-13(2)22-16-9-7-14(8-10-16)17-5-4-6-18-19(17)15(12-21)11-20(18)3/h4-13H,1-3H3. The predicted molar refractivity (Wildman–Crippen MR) is 89.5 cm³/mol. The maximum absolute atomic E-state index is 11.4. The smallest absolute Gasteiger partial charge is 0.152 e. The van der Waals surface area contributed by atoms with Crippen molar-refractivity contribution in [2.75, 3.05) is 0 Å². The molecule has 112 valence electrons. The lowest BCUT2D eigenvalue weighted by molar-refractivity contribution is 0.112. The number of rotatable bonds is 4. The van der Waals surface area contributed by atoms with Gasteiger partial charge in [-0.05, 0) is 43.2 Å². The van der Waals surface area contributed by atoms with Crippen LogP contribution in [0.5, 0.6) is 5.75 Å². The van der Waals surface area contributed by atoms with Gasteiger partial charge in [-0.15, -0.1) is 0 Å². The molecule has 3 aromatic rings. The van der Waals surface area contributed by atoms with Crippen molar-refractivity contribution in [1.82, 2.24) is 4.57 Å². The molecular formula is C19H19NO2. The summed E-state index contributed by atoms with van der Waals surface area (Å²) in [6, 6.07) is 14.1. The molecular weight excluding hydrogens is 274 g/mol. The highest BCUT2D eigenvalue weighted by Gasteiger charge is 2.11. The summed E-state index contributed by atoms with van der Waals surface area (Å²) < 4.78 is 7.67. The summed E-state index contributed by atoms with van der Waals surface area (Å²) >= 11 is 0. The molecule has 3 rings (SSSR count). The lowest BCUT2D eigenvalue weighted by atomic mass is 9.99. The summed E-state index contributed by atoms with van der Waals surface area (Å²) in [4.78, 5) is 11.4. The third kappa shape index (κ3) is 2.50.